The third-order valence-electron chi connectivity index (χ3n) is 1.80. The summed E-state index contributed by atoms with van der Waals surface area (Å²) in [6, 6.07) is 3.99. The zero-order valence-corrected chi connectivity index (χ0v) is 8.13. The molecular weight excluding hydrogens is 183 g/mol. The van der Waals surface area contributed by atoms with E-state index >= 15 is 0 Å². The lowest BCUT2D eigenvalue weighted by molar-refractivity contribution is 0.112. The molecule has 3 heteroatoms. The van der Waals surface area contributed by atoms with Gasteiger partial charge in [0.25, 0.3) is 0 Å². The molecule has 0 bridgehead atoms. The van der Waals surface area contributed by atoms with E-state index in [2.05, 4.69) is 0 Å². The number of unbranched alkanes of at least 4 members (excludes halogenated alkanes) is 1. The summed E-state index contributed by atoms with van der Waals surface area (Å²) >= 11 is 0. The lowest BCUT2D eigenvalue weighted by Gasteiger charge is -2.05. The van der Waals surface area contributed by atoms with Crippen LogP contribution in [0.5, 0.6) is 5.75 Å². The minimum atomic E-state index is -0.443. The van der Waals surface area contributed by atoms with Gasteiger partial charge in [-0.05, 0) is 18.6 Å². The number of halogens is 1. The number of hydrogen-bond acceptors (Lipinski definition) is 2. The summed E-state index contributed by atoms with van der Waals surface area (Å²) in [6.07, 6.45) is 2.55. The fraction of sp³-hybridized carbons (Fsp3) is 0.364. The van der Waals surface area contributed by atoms with Crippen molar-refractivity contribution in [1.29, 1.82) is 0 Å². The summed E-state index contributed by atoms with van der Waals surface area (Å²) in [6.45, 7) is 2.60. The maximum atomic E-state index is 12.9. The van der Waals surface area contributed by atoms with E-state index in [0.29, 0.717) is 24.2 Å². The molecule has 1 aromatic rings. The highest BCUT2D eigenvalue weighted by Gasteiger charge is 2.00. The molecule has 1 aromatic carbocycles. The predicted octanol–water partition coefficient (Wildman–Crippen LogP) is 2.82. The average molecular weight is 196 g/mol. The number of aldehydes is 1. The van der Waals surface area contributed by atoms with E-state index < -0.39 is 5.82 Å². The van der Waals surface area contributed by atoms with Gasteiger partial charge in [-0.1, -0.05) is 13.3 Å². The molecule has 0 aliphatic carbocycles. The largest absolute Gasteiger partial charge is 0.493 e. The van der Waals surface area contributed by atoms with Crippen molar-refractivity contribution in [3.05, 3.63) is 29.6 Å². The number of carbonyl (C=O) groups excluding carboxylic acids is 1. The van der Waals surface area contributed by atoms with E-state index in [4.69, 9.17) is 4.74 Å². The molecule has 0 heterocycles. The first kappa shape index (κ1) is 10.7. The van der Waals surface area contributed by atoms with Crippen molar-refractivity contribution in [2.75, 3.05) is 6.61 Å². The van der Waals surface area contributed by atoms with Crippen LogP contribution in [0.15, 0.2) is 18.2 Å². The number of hydrogen-bond donors (Lipinski definition) is 0. The number of rotatable bonds is 5. The Morgan fingerprint density at radius 3 is 2.86 bits per heavy atom. The van der Waals surface area contributed by atoms with E-state index in [1.165, 1.54) is 18.2 Å². The molecule has 0 aliphatic rings. The molecule has 0 saturated carbocycles. The van der Waals surface area contributed by atoms with Crippen molar-refractivity contribution in [2.24, 2.45) is 0 Å². The molecule has 0 fully saturated rings. The predicted molar refractivity (Wildman–Crippen MR) is 52.2 cm³/mol. The Kier molecular flexibility index (Phi) is 4.11. The normalized spacial score (nSPS) is 9.86. The Morgan fingerprint density at radius 1 is 1.43 bits per heavy atom. The molecule has 14 heavy (non-hydrogen) atoms. The average Bonchev–Trinajstić information content (AvgIpc) is 2.17. The van der Waals surface area contributed by atoms with Crippen molar-refractivity contribution in [1.82, 2.24) is 0 Å². The smallest absolute Gasteiger partial charge is 0.150 e. The van der Waals surface area contributed by atoms with Crippen LogP contribution in [0.25, 0.3) is 0 Å². The van der Waals surface area contributed by atoms with E-state index in [9.17, 15) is 9.18 Å². The highest BCUT2D eigenvalue weighted by Crippen LogP contribution is 2.15. The van der Waals surface area contributed by atoms with Crippen molar-refractivity contribution >= 4 is 6.29 Å². The van der Waals surface area contributed by atoms with E-state index in [0.717, 1.165) is 12.8 Å². The van der Waals surface area contributed by atoms with Gasteiger partial charge in [-0.25, -0.2) is 4.39 Å². The van der Waals surface area contributed by atoms with Gasteiger partial charge in [0, 0.05) is 11.6 Å². The van der Waals surface area contributed by atoms with Crippen molar-refractivity contribution in [3.8, 4) is 5.75 Å². The second-order valence-electron chi connectivity index (χ2n) is 3.04. The SMILES string of the molecule is CCCCOc1cc(F)cc(C=O)c1. The third kappa shape index (κ3) is 3.17. The number of benzene rings is 1. The van der Waals surface area contributed by atoms with E-state index in [1.54, 1.807) is 0 Å². The second-order valence-corrected chi connectivity index (χ2v) is 3.04. The Morgan fingerprint density at radius 2 is 2.21 bits per heavy atom. The molecule has 0 aliphatic heterocycles. The van der Waals surface area contributed by atoms with E-state index in [-0.39, 0.29) is 0 Å². The fourth-order valence-corrected chi connectivity index (χ4v) is 1.07. The maximum absolute atomic E-state index is 12.9. The first-order chi connectivity index (χ1) is 6.76. The van der Waals surface area contributed by atoms with Crippen molar-refractivity contribution in [3.63, 3.8) is 0 Å². The summed E-state index contributed by atoms with van der Waals surface area (Å²) in [5.74, 6) is -0.0263. The molecule has 0 radical (unpaired) electrons. The van der Waals surface area contributed by atoms with Gasteiger partial charge < -0.3 is 4.74 Å². The summed E-state index contributed by atoms with van der Waals surface area (Å²) < 4.78 is 18.2. The van der Waals surface area contributed by atoms with Crippen LogP contribution in [0.3, 0.4) is 0 Å². The molecule has 1 rings (SSSR count). The van der Waals surface area contributed by atoms with Gasteiger partial charge in [-0.15, -0.1) is 0 Å². The van der Waals surface area contributed by atoms with Crippen LogP contribution in [0.4, 0.5) is 4.39 Å². The number of carbonyl (C=O) groups is 1. The molecule has 0 aromatic heterocycles. The quantitative estimate of drug-likeness (QED) is 0.534. The molecule has 0 saturated heterocycles. The monoisotopic (exact) mass is 196 g/mol. The van der Waals surface area contributed by atoms with Crippen LogP contribution in [0.1, 0.15) is 30.1 Å². The molecule has 0 N–H and O–H groups in total. The lowest BCUT2D eigenvalue weighted by atomic mass is 10.2. The lowest BCUT2D eigenvalue weighted by Crippen LogP contribution is -1.97. The second kappa shape index (κ2) is 5.37. The highest BCUT2D eigenvalue weighted by atomic mass is 19.1. The minimum absolute atomic E-state index is 0.302. The molecule has 0 atom stereocenters. The zero-order valence-electron chi connectivity index (χ0n) is 8.13. The number of ether oxygens (including phenoxy) is 1. The summed E-state index contributed by atoms with van der Waals surface area (Å²) in [5, 5.41) is 0. The summed E-state index contributed by atoms with van der Waals surface area (Å²) in [4.78, 5) is 10.4. The Balaban J connectivity index is 2.66. The topological polar surface area (TPSA) is 26.3 Å². The van der Waals surface area contributed by atoms with Crippen LogP contribution in [-0.4, -0.2) is 12.9 Å². The van der Waals surface area contributed by atoms with Gasteiger partial charge in [0.1, 0.15) is 17.9 Å². The van der Waals surface area contributed by atoms with Crippen LogP contribution >= 0.6 is 0 Å². The van der Waals surface area contributed by atoms with Gasteiger partial charge in [0.15, 0.2) is 0 Å². The molecule has 2 nitrogen and oxygen atoms in total. The Labute approximate surface area is 82.7 Å². The van der Waals surface area contributed by atoms with Crippen molar-refractivity contribution in [2.45, 2.75) is 19.8 Å². The first-order valence-corrected chi connectivity index (χ1v) is 4.65. The zero-order chi connectivity index (χ0) is 10.4. The molecular formula is C11H13FO2. The maximum Gasteiger partial charge on any atom is 0.150 e. The molecule has 0 amide bonds. The minimum Gasteiger partial charge on any atom is -0.493 e. The Hall–Kier alpha value is -1.38. The van der Waals surface area contributed by atoms with Crippen LogP contribution in [0.2, 0.25) is 0 Å². The Bertz CT molecular complexity index is 310. The van der Waals surface area contributed by atoms with Crippen LogP contribution in [0, 0.1) is 5.82 Å². The standard InChI is InChI=1S/C11H13FO2/c1-2-3-4-14-11-6-9(8-13)5-10(12)7-11/h5-8H,2-4H2,1H3. The van der Waals surface area contributed by atoms with Crippen LogP contribution < -0.4 is 4.74 Å². The van der Waals surface area contributed by atoms with Gasteiger partial charge >= 0.3 is 0 Å². The molecule has 0 unspecified atom stereocenters. The summed E-state index contributed by atoms with van der Waals surface area (Å²) in [7, 11) is 0. The van der Waals surface area contributed by atoms with Crippen molar-refractivity contribution < 1.29 is 13.9 Å². The van der Waals surface area contributed by atoms with E-state index in [1.807, 2.05) is 6.92 Å². The van der Waals surface area contributed by atoms with Gasteiger partial charge in [0.2, 0.25) is 0 Å². The molecule has 0 spiro atoms. The first-order valence-electron chi connectivity index (χ1n) is 4.65. The van der Waals surface area contributed by atoms with Crippen LogP contribution in [-0.2, 0) is 0 Å². The molecule has 76 valence electrons. The van der Waals surface area contributed by atoms with Gasteiger partial charge in [0.05, 0.1) is 6.61 Å². The van der Waals surface area contributed by atoms with Gasteiger partial charge in [-0.3, -0.25) is 4.79 Å². The highest BCUT2D eigenvalue weighted by molar-refractivity contribution is 5.75. The summed E-state index contributed by atoms with van der Waals surface area (Å²) in [5.41, 5.74) is 0.302. The van der Waals surface area contributed by atoms with Gasteiger partial charge in [-0.2, -0.15) is 0 Å². The fourth-order valence-electron chi connectivity index (χ4n) is 1.07. The third-order valence-corrected chi connectivity index (χ3v) is 1.80.